The summed E-state index contributed by atoms with van der Waals surface area (Å²) in [6.45, 7) is 5.09. The number of hydrogen-bond donors (Lipinski definition) is 1. The van der Waals surface area contributed by atoms with Crippen molar-refractivity contribution in [3.05, 3.63) is 42.0 Å². The molecule has 2 aromatic carbocycles. The van der Waals surface area contributed by atoms with E-state index in [-0.39, 0.29) is 22.8 Å². The molecule has 0 aromatic heterocycles. The molecular formula is C22H25N3O5S2. The van der Waals surface area contributed by atoms with Crippen LogP contribution < -0.4 is 14.8 Å². The number of sulfonamides is 1. The second-order valence-corrected chi connectivity index (χ2v) is 11.6. The summed E-state index contributed by atoms with van der Waals surface area (Å²) in [5, 5.41) is 3.00. The minimum atomic E-state index is -3.63. The van der Waals surface area contributed by atoms with Gasteiger partial charge in [-0.2, -0.15) is 4.31 Å². The summed E-state index contributed by atoms with van der Waals surface area (Å²) in [7, 11) is -3.63. The lowest BCUT2D eigenvalue weighted by molar-refractivity contribution is -0.116. The number of anilines is 1. The van der Waals surface area contributed by atoms with Gasteiger partial charge >= 0.3 is 0 Å². The van der Waals surface area contributed by atoms with E-state index in [2.05, 4.69) is 10.2 Å². The van der Waals surface area contributed by atoms with Gasteiger partial charge in [0.2, 0.25) is 22.7 Å². The molecule has 10 heteroatoms. The Morgan fingerprint density at radius 3 is 2.66 bits per heavy atom. The lowest BCUT2D eigenvalue weighted by Crippen LogP contribution is -2.48. The number of fused-ring (bicyclic) bond motifs is 2. The number of rotatable bonds is 4. The van der Waals surface area contributed by atoms with Gasteiger partial charge in [-0.3, -0.25) is 9.69 Å². The van der Waals surface area contributed by atoms with Crippen molar-refractivity contribution >= 4 is 33.4 Å². The van der Waals surface area contributed by atoms with Gasteiger partial charge in [0, 0.05) is 49.3 Å². The fourth-order valence-electron chi connectivity index (χ4n) is 4.17. The number of nitrogens with zero attached hydrogens (tertiary/aromatic N) is 2. The third kappa shape index (κ3) is 4.32. The fourth-order valence-corrected chi connectivity index (χ4v) is 6.67. The standard InChI is InChI=1S/C22H25N3O5S2/c1-15-10-22(26)23-18-12-17(3-5-21(18)31-15)32(27,28)25-8-6-24(7-9-25)13-16-2-4-19-20(11-16)30-14-29-19/h2-5,11-12,15H,6-10,13-14H2,1H3,(H,23,26)/t15-/m0/s1. The van der Waals surface area contributed by atoms with Gasteiger partial charge in [0.05, 0.1) is 10.6 Å². The molecule has 170 valence electrons. The molecule has 8 nitrogen and oxygen atoms in total. The van der Waals surface area contributed by atoms with Gasteiger partial charge in [-0.25, -0.2) is 8.42 Å². The van der Waals surface area contributed by atoms with E-state index in [1.165, 1.54) is 4.31 Å². The maximum absolute atomic E-state index is 13.3. The van der Waals surface area contributed by atoms with E-state index in [9.17, 15) is 13.2 Å². The molecule has 5 rings (SSSR count). The summed E-state index contributed by atoms with van der Waals surface area (Å²) in [5.41, 5.74) is 1.69. The zero-order valence-electron chi connectivity index (χ0n) is 17.7. The number of carbonyl (C=O) groups excluding carboxylic acids is 1. The summed E-state index contributed by atoms with van der Waals surface area (Å²) in [4.78, 5) is 15.4. The van der Waals surface area contributed by atoms with Crippen molar-refractivity contribution in [2.75, 3.05) is 38.3 Å². The van der Waals surface area contributed by atoms with Gasteiger partial charge in [-0.1, -0.05) is 13.0 Å². The summed E-state index contributed by atoms with van der Waals surface area (Å²) in [6.07, 6.45) is 0.409. The summed E-state index contributed by atoms with van der Waals surface area (Å²) in [6, 6.07) is 10.9. The SMILES string of the molecule is C[C@H]1CC(=O)Nc2cc(S(=O)(=O)N3CCN(Cc4ccc5c(c4)OCO5)CC3)ccc2S1. The number of carbonyl (C=O) groups is 1. The molecule has 0 spiro atoms. The van der Waals surface area contributed by atoms with Crippen LogP contribution in [0.1, 0.15) is 18.9 Å². The molecule has 3 aliphatic heterocycles. The normalized spacial score (nSPS) is 21.7. The van der Waals surface area contributed by atoms with Gasteiger partial charge in [-0.05, 0) is 35.9 Å². The summed E-state index contributed by atoms with van der Waals surface area (Å²) < 4.78 is 38.8. The molecule has 1 amide bonds. The maximum Gasteiger partial charge on any atom is 0.243 e. The highest BCUT2D eigenvalue weighted by Crippen LogP contribution is 2.37. The fraction of sp³-hybridized carbons (Fsp3) is 0.409. The first-order valence-corrected chi connectivity index (χ1v) is 12.9. The quantitative estimate of drug-likeness (QED) is 0.727. The molecule has 1 saturated heterocycles. The first-order chi connectivity index (χ1) is 15.4. The first-order valence-electron chi connectivity index (χ1n) is 10.6. The van der Waals surface area contributed by atoms with Crippen LogP contribution in [0.3, 0.4) is 0 Å². The highest BCUT2D eigenvalue weighted by molar-refractivity contribution is 8.00. The van der Waals surface area contributed by atoms with Gasteiger partial charge in [0.1, 0.15) is 0 Å². The lowest BCUT2D eigenvalue weighted by atomic mass is 10.2. The Morgan fingerprint density at radius 1 is 1.06 bits per heavy atom. The molecule has 1 fully saturated rings. The van der Waals surface area contributed by atoms with E-state index < -0.39 is 10.0 Å². The van der Waals surface area contributed by atoms with E-state index in [1.807, 2.05) is 25.1 Å². The minimum absolute atomic E-state index is 0.0876. The Morgan fingerprint density at radius 2 is 1.84 bits per heavy atom. The Labute approximate surface area is 191 Å². The van der Waals surface area contributed by atoms with Gasteiger partial charge in [0.25, 0.3) is 0 Å². The number of hydrogen-bond acceptors (Lipinski definition) is 7. The van der Waals surface area contributed by atoms with Crippen molar-refractivity contribution in [3.8, 4) is 11.5 Å². The largest absolute Gasteiger partial charge is 0.454 e. The minimum Gasteiger partial charge on any atom is -0.454 e. The van der Waals surface area contributed by atoms with Crippen LogP contribution in [0, 0.1) is 0 Å². The van der Waals surface area contributed by atoms with E-state index >= 15 is 0 Å². The molecule has 32 heavy (non-hydrogen) atoms. The van der Waals surface area contributed by atoms with Crippen molar-refractivity contribution in [2.24, 2.45) is 0 Å². The molecule has 0 saturated carbocycles. The topological polar surface area (TPSA) is 88.2 Å². The Balaban J connectivity index is 1.25. The highest BCUT2D eigenvalue weighted by Gasteiger charge is 2.30. The van der Waals surface area contributed by atoms with Gasteiger partial charge < -0.3 is 14.8 Å². The predicted octanol–water partition coefficient (Wildman–Crippen LogP) is 2.74. The van der Waals surface area contributed by atoms with E-state index in [4.69, 9.17) is 9.47 Å². The van der Waals surface area contributed by atoms with Crippen molar-refractivity contribution < 1.29 is 22.7 Å². The Hall–Kier alpha value is -2.27. The van der Waals surface area contributed by atoms with Crippen molar-refractivity contribution in [1.29, 1.82) is 0 Å². The van der Waals surface area contributed by atoms with Gasteiger partial charge in [0.15, 0.2) is 11.5 Å². The monoisotopic (exact) mass is 475 g/mol. The lowest BCUT2D eigenvalue weighted by Gasteiger charge is -2.34. The van der Waals surface area contributed by atoms with E-state index in [0.29, 0.717) is 38.3 Å². The number of nitrogens with one attached hydrogen (secondary N) is 1. The highest BCUT2D eigenvalue weighted by atomic mass is 32.2. The molecule has 3 heterocycles. The maximum atomic E-state index is 13.3. The van der Waals surface area contributed by atoms with Crippen LogP contribution in [0.5, 0.6) is 11.5 Å². The predicted molar refractivity (Wildman–Crippen MR) is 122 cm³/mol. The average molecular weight is 476 g/mol. The average Bonchev–Trinajstić information content (AvgIpc) is 3.17. The van der Waals surface area contributed by atoms with Crippen LogP contribution in [0.2, 0.25) is 0 Å². The van der Waals surface area contributed by atoms with Crippen molar-refractivity contribution in [3.63, 3.8) is 0 Å². The molecule has 0 aliphatic carbocycles. The smallest absolute Gasteiger partial charge is 0.243 e. The second kappa shape index (κ2) is 8.58. The number of amides is 1. The molecule has 1 N–H and O–H groups in total. The molecule has 1 atom stereocenters. The van der Waals surface area contributed by atoms with Crippen LogP contribution in [0.15, 0.2) is 46.2 Å². The molecule has 0 radical (unpaired) electrons. The van der Waals surface area contributed by atoms with Crippen molar-refractivity contribution in [2.45, 2.75) is 34.9 Å². The molecular weight excluding hydrogens is 450 g/mol. The van der Waals surface area contributed by atoms with Crippen LogP contribution >= 0.6 is 11.8 Å². The van der Waals surface area contributed by atoms with Crippen LogP contribution in [-0.2, 0) is 21.4 Å². The Kier molecular flexibility index (Phi) is 5.79. The number of piperazine rings is 1. The number of benzene rings is 2. The first kappa shape index (κ1) is 21.6. The Bertz CT molecular complexity index is 1150. The second-order valence-electron chi connectivity index (χ2n) is 8.21. The molecule has 0 unspecified atom stereocenters. The zero-order valence-corrected chi connectivity index (χ0v) is 19.4. The van der Waals surface area contributed by atoms with Crippen LogP contribution in [0.4, 0.5) is 5.69 Å². The third-order valence-electron chi connectivity index (χ3n) is 5.84. The van der Waals surface area contributed by atoms with Crippen LogP contribution in [0.25, 0.3) is 0 Å². The zero-order chi connectivity index (χ0) is 22.3. The molecule has 3 aliphatic rings. The third-order valence-corrected chi connectivity index (χ3v) is 8.91. The number of thioether (sulfide) groups is 1. The van der Waals surface area contributed by atoms with E-state index in [0.717, 1.165) is 28.5 Å². The summed E-state index contributed by atoms with van der Waals surface area (Å²) >= 11 is 1.58. The van der Waals surface area contributed by atoms with Gasteiger partial charge in [-0.15, -0.1) is 11.8 Å². The molecule has 2 aromatic rings. The van der Waals surface area contributed by atoms with E-state index in [1.54, 1.807) is 30.0 Å². The summed E-state index contributed by atoms with van der Waals surface area (Å²) in [5.74, 6) is 1.43. The van der Waals surface area contributed by atoms with Crippen molar-refractivity contribution in [1.82, 2.24) is 9.21 Å². The number of ether oxygens (including phenoxy) is 2. The van der Waals surface area contributed by atoms with Crippen LogP contribution in [-0.4, -0.2) is 61.8 Å². The molecule has 0 bridgehead atoms.